The summed E-state index contributed by atoms with van der Waals surface area (Å²) in [6.45, 7) is 5.90. The Morgan fingerprint density at radius 3 is 2.44 bits per heavy atom. The first kappa shape index (κ1) is 28.9. The fourth-order valence-electron chi connectivity index (χ4n) is 5.12. The van der Waals surface area contributed by atoms with E-state index < -0.39 is 5.60 Å². The van der Waals surface area contributed by atoms with Crippen molar-refractivity contribution in [1.29, 1.82) is 0 Å². The molecular formula is C24H43Cl2N7O. The highest BCUT2D eigenvalue weighted by Gasteiger charge is 2.24. The lowest BCUT2D eigenvalue weighted by molar-refractivity contribution is 0.0680. The molecule has 2 fully saturated rings. The molecule has 2 aromatic heterocycles. The summed E-state index contributed by atoms with van der Waals surface area (Å²) in [5.74, 6) is 1.49. The maximum absolute atomic E-state index is 10.0. The molecule has 1 atom stereocenters. The van der Waals surface area contributed by atoms with Crippen molar-refractivity contribution in [2.24, 2.45) is 5.73 Å². The number of imidazole rings is 1. The van der Waals surface area contributed by atoms with Gasteiger partial charge in [-0.05, 0) is 78.6 Å². The second-order valence-corrected chi connectivity index (χ2v) is 10.7. The van der Waals surface area contributed by atoms with Crippen LogP contribution >= 0.6 is 24.8 Å². The third-order valence-corrected chi connectivity index (χ3v) is 7.05. The smallest absolute Gasteiger partial charge is 0.227 e. The van der Waals surface area contributed by atoms with Crippen molar-refractivity contribution in [3.8, 4) is 0 Å². The van der Waals surface area contributed by atoms with Gasteiger partial charge in [0.2, 0.25) is 5.95 Å². The lowest BCUT2D eigenvalue weighted by Crippen LogP contribution is -2.33. The number of aliphatic hydroxyl groups is 1. The SMILES string of the molecule is CC(CCCC(C)(C)O)Nc1nc(NC2CCC(N)CC2)nc2c1ncn2C1CCCC1.Cl.Cl. The number of nitrogens with zero attached hydrogens (tertiary/aromatic N) is 4. The van der Waals surface area contributed by atoms with E-state index in [9.17, 15) is 5.11 Å². The Morgan fingerprint density at radius 2 is 1.79 bits per heavy atom. The van der Waals surface area contributed by atoms with E-state index in [2.05, 4.69) is 22.1 Å². The molecule has 0 aromatic carbocycles. The van der Waals surface area contributed by atoms with Crippen LogP contribution in [0.4, 0.5) is 11.8 Å². The second kappa shape index (κ2) is 12.6. The zero-order valence-electron chi connectivity index (χ0n) is 20.8. The first-order chi connectivity index (χ1) is 15.3. The maximum atomic E-state index is 10.0. The van der Waals surface area contributed by atoms with E-state index in [1.54, 1.807) is 0 Å². The minimum atomic E-state index is -0.623. The molecule has 2 aromatic rings. The number of rotatable bonds is 9. The van der Waals surface area contributed by atoms with E-state index in [1.807, 2.05) is 20.2 Å². The number of nitrogens with two attached hydrogens (primary N) is 1. The lowest BCUT2D eigenvalue weighted by atomic mass is 9.92. The van der Waals surface area contributed by atoms with Crippen LogP contribution in [0.5, 0.6) is 0 Å². The molecule has 2 saturated carbocycles. The summed E-state index contributed by atoms with van der Waals surface area (Å²) in [6, 6.07) is 1.40. The van der Waals surface area contributed by atoms with Gasteiger partial charge in [0, 0.05) is 24.2 Å². The van der Waals surface area contributed by atoms with Crippen LogP contribution in [0.1, 0.15) is 97.4 Å². The number of aromatic nitrogens is 4. The average Bonchev–Trinajstić information content (AvgIpc) is 3.38. The molecular weight excluding hydrogens is 473 g/mol. The predicted octanol–water partition coefficient (Wildman–Crippen LogP) is 5.21. The standard InChI is InChI=1S/C24H41N7O.2ClH/c1-16(7-6-14-24(2,3)32)27-21-20-22(31(15-26-20)19-8-4-5-9-19)30-23(29-21)28-18-12-10-17(25)11-13-18;;/h15-19,32H,4-14,25H2,1-3H3,(H2,27,28,29,30);2*1H. The molecule has 34 heavy (non-hydrogen) atoms. The second-order valence-electron chi connectivity index (χ2n) is 10.7. The molecule has 0 bridgehead atoms. The molecule has 0 aliphatic heterocycles. The summed E-state index contributed by atoms with van der Waals surface area (Å²) < 4.78 is 2.26. The monoisotopic (exact) mass is 515 g/mol. The van der Waals surface area contributed by atoms with Gasteiger partial charge >= 0.3 is 0 Å². The zero-order valence-corrected chi connectivity index (χ0v) is 22.4. The van der Waals surface area contributed by atoms with Crippen molar-refractivity contribution in [3.05, 3.63) is 6.33 Å². The summed E-state index contributed by atoms with van der Waals surface area (Å²) in [5, 5.41) is 17.2. The van der Waals surface area contributed by atoms with Crippen LogP contribution in [-0.4, -0.2) is 48.4 Å². The van der Waals surface area contributed by atoms with Crippen molar-refractivity contribution in [2.45, 2.75) is 121 Å². The molecule has 4 rings (SSSR count). The number of fused-ring (bicyclic) bond motifs is 1. The number of nitrogens with one attached hydrogen (secondary N) is 2. The van der Waals surface area contributed by atoms with Gasteiger partial charge in [-0.25, -0.2) is 4.98 Å². The number of anilines is 2. The summed E-state index contributed by atoms with van der Waals surface area (Å²) in [7, 11) is 0. The third kappa shape index (κ3) is 7.57. The van der Waals surface area contributed by atoms with E-state index >= 15 is 0 Å². The summed E-state index contributed by atoms with van der Waals surface area (Å²) in [4.78, 5) is 14.5. The average molecular weight is 517 g/mol. The van der Waals surface area contributed by atoms with Gasteiger partial charge in [-0.2, -0.15) is 9.97 Å². The fraction of sp³-hybridized carbons (Fsp3) is 0.792. The van der Waals surface area contributed by atoms with E-state index in [-0.39, 0.29) is 30.9 Å². The Hall–Kier alpha value is -1.35. The Morgan fingerprint density at radius 1 is 1.12 bits per heavy atom. The molecule has 194 valence electrons. The van der Waals surface area contributed by atoms with E-state index in [0.29, 0.717) is 24.1 Å². The predicted molar refractivity (Wildman–Crippen MR) is 144 cm³/mol. The van der Waals surface area contributed by atoms with Crippen LogP contribution in [-0.2, 0) is 0 Å². The number of hydrogen-bond donors (Lipinski definition) is 4. The van der Waals surface area contributed by atoms with Crippen molar-refractivity contribution >= 4 is 47.7 Å². The highest BCUT2D eigenvalue weighted by Crippen LogP contribution is 2.33. The molecule has 0 spiro atoms. The molecule has 5 N–H and O–H groups in total. The molecule has 0 saturated heterocycles. The molecule has 2 heterocycles. The maximum Gasteiger partial charge on any atom is 0.227 e. The van der Waals surface area contributed by atoms with Crippen molar-refractivity contribution in [2.75, 3.05) is 10.6 Å². The molecule has 2 aliphatic rings. The van der Waals surface area contributed by atoms with Crippen LogP contribution in [0, 0.1) is 0 Å². The summed E-state index contributed by atoms with van der Waals surface area (Å²) in [5.41, 5.74) is 7.24. The van der Waals surface area contributed by atoms with Gasteiger partial charge in [0.25, 0.3) is 0 Å². The highest BCUT2D eigenvalue weighted by molar-refractivity contribution is 5.86. The van der Waals surface area contributed by atoms with Crippen LogP contribution < -0.4 is 16.4 Å². The van der Waals surface area contributed by atoms with Gasteiger partial charge in [0.05, 0.1) is 11.9 Å². The number of hydrogen-bond acceptors (Lipinski definition) is 7. The zero-order chi connectivity index (χ0) is 22.7. The first-order valence-corrected chi connectivity index (χ1v) is 12.5. The van der Waals surface area contributed by atoms with Gasteiger partial charge in [-0.15, -0.1) is 24.8 Å². The minimum absolute atomic E-state index is 0. The normalized spacial score (nSPS) is 22.1. The summed E-state index contributed by atoms with van der Waals surface area (Å²) >= 11 is 0. The van der Waals surface area contributed by atoms with Crippen molar-refractivity contribution in [3.63, 3.8) is 0 Å². The fourth-order valence-corrected chi connectivity index (χ4v) is 5.12. The van der Waals surface area contributed by atoms with Gasteiger partial charge < -0.3 is 26.0 Å². The van der Waals surface area contributed by atoms with Gasteiger partial charge in [0.15, 0.2) is 17.0 Å². The van der Waals surface area contributed by atoms with Crippen LogP contribution in [0.15, 0.2) is 6.33 Å². The number of halogens is 2. The Balaban J connectivity index is 0.00000204. The van der Waals surface area contributed by atoms with Gasteiger partial charge in [-0.1, -0.05) is 12.8 Å². The first-order valence-electron chi connectivity index (χ1n) is 12.5. The van der Waals surface area contributed by atoms with E-state index in [0.717, 1.165) is 61.9 Å². The molecule has 10 heteroatoms. The minimum Gasteiger partial charge on any atom is -0.390 e. The largest absolute Gasteiger partial charge is 0.390 e. The Kier molecular flexibility index (Phi) is 10.7. The third-order valence-electron chi connectivity index (χ3n) is 7.05. The molecule has 0 radical (unpaired) electrons. The summed E-state index contributed by atoms with van der Waals surface area (Å²) in [6.07, 6.45) is 13.8. The van der Waals surface area contributed by atoms with Crippen molar-refractivity contribution < 1.29 is 5.11 Å². The van der Waals surface area contributed by atoms with Gasteiger partial charge in [0.1, 0.15) is 0 Å². The highest BCUT2D eigenvalue weighted by atomic mass is 35.5. The van der Waals surface area contributed by atoms with Crippen LogP contribution in [0.25, 0.3) is 11.2 Å². The lowest BCUT2D eigenvalue weighted by Gasteiger charge is -2.27. The quantitative estimate of drug-likeness (QED) is 0.362. The van der Waals surface area contributed by atoms with Crippen LogP contribution in [0.3, 0.4) is 0 Å². The Labute approximate surface area is 216 Å². The Bertz CT molecular complexity index is 887. The van der Waals surface area contributed by atoms with Crippen LogP contribution in [0.2, 0.25) is 0 Å². The van der Waals surface area contributed by atoms with E-state index in [1.165, 1.54) is 25.7 Å². The molecule has 8 nitrogen and oxygen atoms in total. The molecule has 1 unspecified atom stereocenters. The molecule has 0 amide bonds. The molecule has 2 aliphatic carbocycles. The van der Waals surface area contributed by atoms with Gasteiger partial charge in [-0.3, -0.25) is 0 Å². The van der Waals surface area contributed by atoms with Crippen molar-refractivity contribution in [1.82, 2.24) is 19.5 Å². The topological polar surface area (TPSA) is 114 Å². The van der Waals surface area contributed by atoms with E-state index in [4.69, 9.17) is 20.7 Å².